The quantitative estimate of drug-likeness (QED) is 0.176. The van der Waals surface area contributed by atoms with Crippen LogP contribution in [0.2, 0.25) is 0 Å². The van der Waals surface area contributed by atoms with Crippen molar-refractivity contribution in [3.63, 3.8) is 0 Å². The Kier molecular flexibility index (Phi) is 8.94. The van der Waals surface area contributed by atoms with Crippen molar-refractivity contribution in [3.8, 4) is 38.4 Å². The van der Waals surface area contributed by atoms with Gasteiger partial charge < -0.3 is 0 Å². The van der Waals surface area contributed by atoms with E-state index in [1.54, 1.807) is 11.3 Å². The molecule has 46 heavy (non-hydrogen) atoms. The van der Waals surface area contributed by atoms with Gasteiger partial charge in [-0.3, -0.25) is 4.57 Å². The summed E-state index contributed by atoms with van der Waals surface area (Å²) in [5, 5.41) is 0. The van der Waals surface area contributed by atoms with Gasteiger partial charge in [-0.05, 0) is 72.8 Å². The Labute approximate surface area is 287 Å². The maximum absolute atomic E-state index is 6.20. The highest BCUT2D eigenvalue weighted by atomic mass is 32.1. The number of thiazole rings is 1. The van der Waals surface area contributed by atoms with Gasteiger partial charge in [0.2, 0.25) is 0 Å². The minimum absolute atomic E-state index is 0.00954. The highest BCUT2D eigenvalue weighted by Crippen LogP contribution is 2.43. The minimum Gasteiger partial charge on any atom is -0.297 e. The van der Waals surface area contributed by atoms with Gasteiger partial charge in [0.05, 0.1) is 10.6 Å². The Morgan fingerprint density at radius 2 is 0.870 bits per heavy atom. The highest BCUT2D eigenvalue weighted by Gasteiger charge is 2.25. The van der Waals surface area contributed by atoms with Gasteiger partial charge in [0.25, 0.3) is 0 Å². The molecule has 0 aliphatic rings. The molecule has 0 atom stereocenters. The number of nitrogens with zero attached hydrogens (tertiary/aromatic N) is 1. The van der Waals surface area contributed by atoms with E-state index in [2.05, 4.69) is 179 Å². The largest absolute Gasteiger partial charge is 0.297 e. The van der Waals surface area contributed by atoms with Crippen LogP contribution >= 0.6 is 23.6 Å². The SMILES string of the molecule is CC(C)(C)c1cc(-c2cccc(-c3cc(C(C)(C)C)cc(C(C)(C)C)c3)c2-n2cc(-c3ccccc3)sc2=S)cc(C(C)(C)C)c1. The molecule has 5 rings (SSSR count). The van der Waals surface area contributed by atoms with E-state index in [-0.39, 0.29) is 21.7 Å². The van der Waals surface area contributed by atoms with Crippen LogP contribution in [0.15, 0.2) is 91.1 Å². The molecule has 0 aliphatic carbocycles. The van der Waals surface area contributed by atoms with Crippen LogP contribution in [-0.2, 0) is 21.7 Å². The third-order valence-corrected chi connectivity index (χ3v) is 10.3. The van der Waals surface area contributed by atoms with E-state index in [4.69, 9.17) is 12.2 Å². The van der Waals surface area contributed by atoms with E-state index < -0.39 is 0 Å². The van der Waals surface area contributed by atoms with Gasteiger partial charge >= 0.3 is 0 Å². The predicted molar refractivity (Wildman–Crippen MR) is 206 cm³/mol. The summed E-state index contributed by atoms with van der Waals surface area (Å²) in [5.74, 6) is 0. The van der Waals surface area contributed by atoms with Crippen LogP contribution in [0.5, 0.6) is 0 Å². The minimum atomic E-state index is 0.00954. The Morgan fingerprint density at radius 3 is 1.24 bits per heavy atom. The molecule has 0 saturated carbocycles. The lowest BCUT2D eigenvalue weighted by Gasteiger charge is -2.28. The summed E-state index contributed by atoms with van der Waals surface area (Å²) < 4.78 is 3.12. The molecule has 0 bridgehead atoms. The lowest BCUT2D eigenvalue weighted by Crippen LogP contribution is -2.17. The first kappa shape index (κ1) is 34.1. The summed E-state index contributed by atoms with van der Waals surface area (Å²) in [5.41, 5.74) is 12.6. The molecule has 0 N–H and O–H groups in total. The van der Waals surface area contributed by atoms with E-state index in [1.807, 2.05) is 0 Å². The third kappa shape index (κ3) is 7.16. The van der Waals surface area contributed by atoms with Crippen LogP contribution in [0.25, 0.3) is 38.4 Å². The molecule has 240 valence electrons. The summed E-state index contributed by atoms with van der Waals surface area (Å²) >= 11 is 7.87. The van der Waals surface area contributed by atoms with Crippen LogP contribution in [0.3, 0.4) is 0 Å². The Balaban J connectivity index is 1.90. The smallest absolute Gasteiger partial charge is 0.166 e. The van der Waals surface area contributed by atoms with Crippen LogP contribution in [0.1, 0.15) is 105 Å². The van der Waals surface area contributed by atoms with E-state index in [1.165, 1.54) is 54.9 Å². The zero-order valence-corrected chi connectivity index (χ0v) is 31.6. The number of rotatable bonds is 4. The third-order valence-electron chi connectivity index (χ3n) is 8.93. The second-order valence-corrected chi connectivity index (χ2v) is 18.6. The molecule has 0 aliphatic heterocycles. The molecule has 0 spiro atoms. The van der Waals surface area contributed by atoms with Crippen molar-refractivity contribution in [1.29, 1.82) is 0 Å². The molecule has 1 aromatic heterocycles. The molecular weight excluding hydrogens is 595 g/mol. The van der Waals surface area contributed by atoms with E-state index in [9.17, 15) is 0 Å². The van der Waals surface area contributed by atoms with Gasteiger partial charge in [-0.15, -0.1) is 11.3 Å². The lowest BCUT2D eigenvalue weighted by atomic mass is 9.77. The number of hydrogen-bond acceptors (Lipinski definition) is 2. The van der Waals surface area contributed by atoms with Crippen molar-refractivity contribution in [2.24, 2.45) is 0 Å². The van der Waals surface area contributed by atoms with E-state index in [0.717, 1.165) is 9.64 Å². The number of para-hydroxylation sites is 1. The van der Waals surface area contributed by atoms with E-state index in [0.29, 0.717) is 0 Å². The first-order chi connectivity index (χ1) is 21.2. The molecule has 0 unspecified atom stereocenters. The number of hydrogen-bond donors (Lipinski definition) is 0. The molecule has 0 radical (unpaired) electrons. The second-order valence-electron chi connectivity index (χ2n) is 16.9. The maximum atomic E-state index is 6.20. The van der Waals surface area contributed by atoms with Crippen LogP contribution in [0, 0.1) is 3.95 Å². The molecule has 1 heterocycles. The van der Waals surface area contributed by atoms with E-state index >= 15 is 0 Å². The molecule has 1 nitrogen and oxygen atoms in total. The van der Waals surface area contributed by atoms with Crippen LogP contribution in [0.4, 0.5) is 0 Å². The summed E-state index contributed by atoms with van der Waals surface area (Å²) in [7, 11) is 0. The molecule has 0 fully saturated rings. The first-order valence-electron chi connectivity index (χ1n) is 16.5. The monoisotopic (exact) mass is 645 g/mol. The summed E-state index contributed by atoms with van der Waals surface area (Å²) in [6.45, 7) is 27.7. The average Bonchev–Trinajstić information content (AvgIpc) is 3.36. The van der Waals surface area contributed by atoms with Crippen molar-refractivity contribution < 1.29 is 0 Å². The normalized spacial score (nSPS) is 12.9. The topological polar surface area (TPSA) is 4.93 Å². The summed E-state index contributed by atoms with van der Waals surface area (Å²) in [6, 6.07) is 31.8. The van der Waals surface area contributed by atoms with Crippen molar-refractivity contribution in [1.82, 2.24) is 4.57 Å². The second kappa shape index (κ2) is 12.1. The van der Waals surface area contributed by atoms with Crippen molar-refractivity contribution in [2.45, 2.75) is 105 Å². The standard InChI is InChI=1S/C43H51NS2/c1-40(2,3)31-21-29(22-32(25-31)41(4,5)6)35-19-16-20-36(30-23-33(42(7,8)9)26-34(24-30)43(10,11)12)38(35)44-27-37(46-39(44)45)28-17-14-13-15-18-28/h13-27H,1-12H3. The molecule has 3 heteroatoms. The Bertz CT molecular complexity index is 1770. The van der Waals surface area contributed by atoms with Gasteiger partial charge in [0, 0.05) is 17.3 Å². The first-order valence-corrected chi connectivity index (χ1v) is 17.7. The summed E-state index contributed by atoms with van der Waals surface area (Å²) in [4.78, 5) is 1.17. The van der Waals surface area contributed by atoms with Crippen molar-refractivity contribution in [3.05, 3.63) is 117 Å². The fourth-order valence-corrected chi connectivity index (χ4v) is 7.05. The van der Waals surface area contributed by atoms with Gasteiger partial charge in [-0.25, -0.2) is 0 Å². The van der Waals surface area contributed by atoms with Crippen LogP contribution < -0.4 is 0 Å². The maximum Gasteiger partial charge on any atom is 0.166 e. The summed E-state index contributed by atoms with van der Waals surface area (Å²) in [6.07, 6.45) is 2.25. The van der Waals surface area contributed by atoms with Gasteiger partial charge in [0.1, 0.15) is 0 Å². The molecule has 5 aromatic rings. The number of aromatic nitrogens is 1. The van der Waals surface area contributed by atoms with Crippen LogP contribution in [-0.4, -0.2) is 4.57 Å². The highest BCUT2D eigenvalue weighted by molar-refractivity contribution is 7.73. The van der Waals surface area contributed by atoms with Crippen molar-refractivity contribution >= 4 is 23.6 Å². The van der Waals surface area contributed by atoms with Crippen molar-refractivity contribution in [2.75, 3.05) is 0 Å². The fourth-order valence-electron chi connectivity index (χ4n) is 5.80. The Hall–Kier alpha value is -3.27. The lowest BCUT2D eigenvalue weighted by molar-refractivity contribution is 0.568. The zero-order valence-electron chi connectivity index (χ0n) is 29.9. The van der Waals surface area contributed by atoms with Gasteiger partial charge in [-0.2, -0.15) is 0 Å². The predicted octanol–water partition coefficient (Wildman–Crippen LogP) is 13.5. The zero-order chi connectivity index (χ0) is 33.8. The number of benzene rings is 4. The molecule has 0 saturated heterocycles. The van der Waals surface area contributed by atoms with Gasteiger partial charge in [0.15, 0.2) is 3.95 Å². The van der Waals surface area contributed by atoms with Gasteiger partial charge in [-0.1, -0.05) is 168 Å². The fraction of sp³-hybridized carbons (Fsp3) is 0.372. The molecule has 0 amide bonds. The molecule has 4 aromatic carbocycles. The average molecular weight is 646 g/mol. The Morgan fingerprint density at radius 1 is 0.478 bits per heavy atom. The molecular formula is C43H51NS2.